The molecule has 3 N–H and O–H groups in total. The average Bonchev–Trinajstić information content (AvgIpc) is 2.86. The Hall–Kier alpha value is -4.32. The van der Waals surface area contributed by atoms with Crippen molar-refractivity contribution in [1.82, 2.24) is 9.71 Å². The van der Waals surface area contributed by atoms with Gasteiger partial charge in [0.1, 0.15) is 0 Å². The maximum atomic E-state index is 13.2. The summed E-state index contributed by atoms with van der Waals surface area (Å²) in [5, 5.41) is 9.28. The van der Waals surface area contributed by atoms with E-state index in [9.17, 15) is 18.5 Å². The van der Waals surface area contributed by atoms with Gasteiger partial charge in [0.15, 0.2) is 0 Å². The van der Waals surface area contributed by atoms with Gasteiger partial charge in [-0.15, -0.1) is 0 Å². The Labute approximate surface area is 223 Å². The van der Waals surface area contributed by atoms with Crippen LogP contribution < -0.4 is 10.5 Å². The van der Waals surface area contributed by atoms with E-state index in [1.165, 1.54) is 0 Å². The summed E-state index contributed by atoms with van der Waals surface area (Å²) in [4.78, 5) is 17.2. The third-order valence-corrected chi connectivity index (χ3v) is 7.65. The largest absolute Gasteiger partial charge is 0.366 e. The second kappa shape index (κ2) is 10.2. The third kappa shape index (κ3) is 5.65. The molecule has 0 saturated carbocycles. The van der Waals surface area contributed by atoms with Crippen LogP contribution in [-0.4, -0.2) is 24.8 Å². The molecule has 0 aliphatic rings. The van der Waals surface area contributed by atoms with Crippen LogP contribution in [0.2, 0.25) is 0 Å². The minimum atomic E-state index is -3.78. The van der Waals surface area contributed by atoms with Gasteiger partial charge in [0, 0.05) is 22.9 Å². The van der Waals surface area contributed by atoms with Gasteiger partial charge in [0.2, 0.25) is 10.0 Å². The topological polar surface area (TPSA) is 126 Å². The number of benzene rings is 3. The number of hydrogen-bond donors (Lipinski definition) is 2. The molecule has 0 aliphatic carbocycles. The Morgan fingerprint density at radius 2 is 1.58 bits per heavy atom. The van der Waals surface area contributed by atoms with E-state index in [2.05, 4.69) is 15.8 Å². The number of nitrogens with two attached hydrogens (primary N) is 1. The smallest absolute Gasteiger partial charge is 0.251 e. The fraction of sp³-hybridized carbons (Fsp3) is 0.167. The summed E-state index contributed by atoms with van der Waals surface area (Å²) in [6.45, 7) is 7.29. The van der Waals surface area contributed by atoms with Crippen molar-refractivity contribution in [2.24, 2.45) is 5.73 Å². The number of aryl methyl sites for hydroxylation is 1. The molecule has 0 radical (unpaired) electrons. The molecule has 4 rings (SSSR count). The van der Waals surface area contributed by atoms with Crippen LogP contribution in [0.5, 0.6) is 0 Å². The van der Waals surface area contributed by atoms with Gasteiger partial charge in [-0.3, -0.25) is 9.78 Å². The van der Waals surface area contributed by atoms with Crippen molar-refractivity contribution in [3.8, 4) is 39.6 Å². The van der Waals surface area contributed by atoms with E-state index in [0.29, 0.717) is 39.1 Å². The Balaban J connectivity index is 1.82. The molecule has 0 saturated heterocycles. The number of sulfonamides is 1. The van der Waals surface area contributed by atoms with Crippen LogP contribution in [-0.2, 0) is 10.0 Å². The van der Waals surface area contributed by atoms with E-state index in [4.69, 9.17) is 5.73 Å². The highest BCUT2D eigenvalue weighted by Gasteiger charge is 2.25. The molecule has 1 heterocycles. The lowest BCUT2D eigenvalue weighted by molar-refractivity contribution is 0.100. The molecular formula is C30H28N4O3S. The minimum Gasteiger partial charge on any atom is -0.366 e. The Kier molecular flexibility index (Phi) is 7.18. The summed E-state index contributed by atoms with van der Waals surface area (Å²) in [6.07, 6.45) is 1.59. The molecule has 0 bridgehead atoms. The number of carbonyl (C=O) groups excluding carboxylic acids is 1. The molecule has 3 aromatic carbocycles. The Morgan fingerprint density at radius 1 is 0.921 bits per heavy atom. The fourth-order valence-corrected chi connectivity index (χ4v) is 5.93. The number of nitriles is 1. The zero-order chi connectivity index (χ0) is 27.7. The molecule has 7 nitrogen and oxygen atoms in total. The van der Waals surface area contributed by atoms with Crippen molar-refractivity contribution in [3.05, 3.63) is 95.7 Å². The SMILES string of the molecule is Cc1ccc(S(=O)(=O)NC(C)(C)C)c(-c2ccc(-c3ccnc(-c4cccc(C#N)c4)c3C(N)=O)cc2)c1. The molecule has 8 heteroatoms. The summed E-state index contributed by atoms with van der Waals surface area (Å²) >= 11 is 0. The lowest BCUT2D eigenvalue weighted by Crippen LogP contribution is -2.40. The fourth-order valence-electron chi connectivity index (χ4n) is 4.30. The molecular weight excluding hydrogens is 496 g/mol. The number of pyridine rings is 1. The van der Waals surface area contributed by atoms with E-state index in [0.717, 1.165) is 5.56 Å². The van der Waals surface area contributed by atoms with Gasteiger partial charge in [0.25, 0.3) is 5.91 Å². The molecule has 0 fully saturated rings. The number of primary amides is 1. The van der Waals surface area contributed by atoms with Crippen molar-refractivity contribution in [1.29, 1.82) is 5.26 Å². The van der Waals surface area contributed by atoms with Crippen LogP contribution >= 0.6 is 0 Å². The predicted octanol–water partition coefficient (Wildman–Crippen LogP) is 5.44. The zero-order valence-electron chi connectivity index (χ0n) is 21.6. The Bertz CT molecular complexity index is 1680. The van der Waals surface area contributed by atoms with Crippen molar-refractivity contribution in [2.45, 2.75) is 38.1 Å². The number of nitrogens with zero attached hydrogens (tertiary/aromatic N) is 2. The van der Waals surface area contributed by atoms with Crippen LogP contribution in [0.25, 0.3) is 33.5 Å². The summed E-state index contributed by atoms with van der Waals surface area (Å²) in [7, 11) is -3.78. The number of carbonyl (C=O) groups is 1. The summed E-state index contributed by atoms with van der Waals surface area (Å²) in [5.41, 5.74) is 10.4. The molecule has 1 aromatic heterocycles. The molecule has 38 heavy (non-hydrogen) atoms. The normalized spacial score (nSPS) is 11.7. The number of amides is 1. The molecule has 4 aromatic rings. The molecule has 0 atom stereocenters. The first-order chi connectivity index (χ1) is 17.9. The van der Waals surface area contributed by atoms with Gasteiger partial charge in [-0.1, -0.05) is 54.1 Å². The summed E-state index contributed by atoms with van der Waals surface area (Å²) < 4.78 is 29.1. The quantitative estimate of drug-likeness (QED) is 0.347. The molecule has 0 unspecified atom stereocenters. The van der Waals surface area contributed by atoms with E-state index < -0.39 is 21.5 Å². The maximum Gasteiger partial charge on any atom is 0.251 e. The highest BCUT2D eigenvalue weighted by molar-refractivity contribution is 7.89. The first-order valence-electron chi connectivity index (χ1n) is 11.9. The van der Waals surface area contributed by atoms with Gasteiger partial charge in [-0.05, 0) is 68.7 Å². The first-order valence-corrected chi connectivity index (χ1v) is 13.4. The average molecular weight is 525 g/mol. The molecule has 192 valence electrons. The monoisotopic (exact) mass is 524 g/mol. The third-order valence-electron chi connectivity index (χ3n) is 5.83. The number of aromatic nitrogens is 1. The number of hydrogen-bond acceptors (Lipinski definition) is 5. The summed E-state index contributed by atoms with van der Waals surface area (Å²) in [6, 6.07) is 23.1. The second-order valence-corrected chi connectivity index (χ2v) is 11.7. The highest BCUT2D eigenvalue weighted by Crippen LogP contribution is 2.34. The van der Waals surface area contributed by atoms with E-state index in [1.54, 1.807) is 69.4 Å². The van der Waals surface area contributed by atoms with Gasteiger partial charge in [-0.25, -0.2) is 13.1 Å². The standard InChI is InChI=1S/C30H28N4O3S/c1-19-8-13-26(38(36,37)34-30(2,3)4)25(16-19)22-11-9-21(10-12-22)24-14-15-33-28(27(24)29(32)35)23-7-5-6-20(17-23)18-31/h5-17,34H,1-4H3,(H2,32,35). The van der Waals surface area contributed by atoms with Crippen LogP contribution in [0.4, 0.5) is 0 Å². The maximum absolute atomic E-state index is 13.2. The first kappa shape index (κ1) is 26.7. The van der Waals surface area contributed by atoms with Gasteiger partial charge in [-0.2, -0.15) is 5.26 Å². The van der Waals surface area contributed by atoms with Crippen molar-refractivity contribution < 1.29 is 13.2 Å². The van der Waals surface area contributed by atoms with Crippen molar-refractivity contribution in [2.75, 3.05) is 0 Å². The lowest BCUT2D eigenvalue weighted by Gasteiger charge is -2.22. The highest BCUT2D eigenvalue weighted by atomic mass is 32.2. The number of nitrogens with one attached hydrogen (secondary N) is 1. The zero-order valence-corrected chi connectivity index (χ0v) is 22.4. The lowest BCUT2D eigenvalue weighted by atomic mass is 9.93. The van der Waals surface area contributed by atoms with Crippen molar-refractivity contribution >= 4 is 15.9 Å². The van der Waals surface area contributed by atoms with Crippen molar-refractivity contribution in [3.63, 3.8) is 0 Å². The number of rotatable bonds is 6. The van der Waals surface area contributed by atoms with Crippen LogP contribution in [0, 0.1) is 18.3 Å². The van der Waals surface area contributed by atoms with E-state index in [-0.39, 0.29) is 10.5 Å². The van der Waals surface area contributed by atoms with Gasteiger partial charge < -0.3 is 5.73 Å². The second-order valence-electron chi connectivity index (χ2n) is 10.1. The van der Waals surface area contributed by atoms with E-state index >= 15 is 0 Å². The van der Waals surface area contributed by atoms with E-state index in [1.807, 2.05) is 37.3 Å². The molecule has 0 spiro atoms. The van der Waals surface area contributed by atoms with Crippen LogP contribution in [0.15, 0.2) is 83.9 Å². The Morgan fingerprint density at radius 3 is 2.18 bits per heavy atom. The van der Waals surface area contributed by atoms with Gasteiger partial charge >= 0.3 is 0 Å². The van der Waals surface area contributed by atoms with Crippen LogP contribution in [0.3, 0.4) is 0 Å². The molecule has 1 amide bonds. The molecule has 0 aliphatic heterocycles. The predicted molar refractivity (Wildman–Crippen MR) is 149 cm³/mol. The minimum absolute atomic E-state index is 0.187. The van der Waals surface area contributed by atoms with Crippen LogP contribution in [0.1, 0.15) is 42.3 Å². The summed E-state index contributed by atoms with van der Waals surface area (Å²) in [5.74, 6) is -0.644. The van der Waals surface area contributed by atoms with Gasteiger partial charge in [0.05, 0.1) is 27.8 Å².